The first kappa shape index (κ1) is 12.5. The van der Waals surface area contributed by atoms with Crippen molar-refractivity contribution < 1.29 is 17.0 Å². The van der Waals surface area contributed by atoms with Gasteiger partial charge in [0.1, 0.15) is 0 Å². The highest BCUT2D eigenvalue weighted by molar-refractivity contribution is 9.10. The molecule has 0 spiro atoms. The Morgan fingerprint density at radius 1 is 1.60 bits per heavy atom. The normalized spacial score (nSPS) is 11.7. The number of aromatic nitrogens is 1. The zero-order valence-corrected chi connectivity index (χ0v) is 10.3. The van der Waals surface area contributed by atoms with Gasteiger partial charge in [-0.1, -0.05) is 0 Å². The van der Waals surface area contributed by atoms with E-state index in [2.05, 4.69) is 25.1 Å². The number of hydrogen-bond donors (Lipinski definition) is 0. The number of rotatable bonds is 4. The summed E-state index contributed by atoms with van der Waals surface area (Å²) in [4.78, 5) is 3.48. The third-order valence-corrected chi connectivity index (χ3v) is 2.58. The molecule has 4 nitrogen and oxygen atoms in total. The van der Waals surface area contributed by atoms with E-state index in [0.29, 0.717) is 10.0 Å². The summed E-state index contributed by atoms with van der Waals surface area (Å²) in [5.41, 5.74) is 0.313. The van der Waals surface area contributed by atoms with Crippen LogP contribution in [0.4, 0.5) is 4.39 Å². The Morgan fingerprint density at radius 2 is 2.27 bits per heavy atom. The first-order valence-corrected chi connectivity index (χ1v) is 6.64. The lowest BCUT2D eigenvalue weighted by atomic mass is 10.2. The molecule has 0 bridgehead atoms. The van der Waals surface area contributed by atoms with Crippen LogP contribution in [0.25, 0.3) is 0 Å². The summed E-state index contributed by atoms with van der Waals surface area (Å²) < 4.78 is 39.4. The molecule has 0 saturated carbocycles. The lowest BCUT2D eigenvalue weighted by molar-refractivity contribution is 0.323. The van der Waals surface area contributed by atoms with Crippen LogP contribution >= 0.6 is 15.9 Å². The molecule has 0 atom stereocenters. The lowest BCUT2D eigenvalue weighted by Gasteiger charge is -2.03. The van der Waals surface area contributed by atoms with Crippen molar-refractivity contribution in [1.29, 1.82) is 0 Å². The fourth-order valence-electron chi connectivity index (χ4n) is 0.943. The van der Waals surface area contributed by atoms with Gasteiger partial charge in [-0.05, 0) is 22.0 Å². The van der Waals surface area contributed by atoms with Crippen molar-refractivity contribution in [3.63, 3.8) is 0 Å². The summed E-state index contributed by atoms with van der Waals surface area (Å²) in [7, 11) is -3.47. The first-order valence-electron chi connectivity index (χ1n) is 4.03. The van der Waals surface area contributed by atoms with Gasteiger partial charge in [0.15, 0.2) is 0 Å². The van der Waals surface area contributed by atoms with Crippen LogP contribution in [0.1, 0.15) is 5.56 Å². The van der Waals surface area contributed by atoms with Crippen LogP contribution in [-0.4, -0.2) is 26.3 Å². The van der Waals surface area contributed by atoms with Gasteiger partial charge in [-0.25, -0.2) is 4.98 Å². The Hall–Kier alpha value is -0.530. The van der Waals surface area contributed by atoms with E-state index in [1.807, 2.05) is 0 Å². The van der Waals surface area contributed by atoms with Gasteiger partial charge < -0.3 is 0 Å². The molecule has 0 amide bonds. The monoisotopic (exact) mass is 297 g/mol. The topological polar surface area (TPSA) is 56.3 Å². The molecule has 0 N–H and O–H groups in total. The molecule has 0 fully saturated rings. The van der Waals surface area contributed by atoms with Gasteiger partial charge in [0, 0.05) is 22.7 Å². The molecule has 0 aromatic carbocycles. The van der Waals surface area contributed by atoms with E-state index in [1.165, 1.54) is 12.3 Å². The third kappa shape index (κ3) is 4.67. The highest BCUT2D eigenvalue weighted by Gasteiger charge is 2.06. The van der Waals surface area contributed by atoms with Crippen molar-refractivity contribution in [2.45, 2.75) is 6.42 Å². The van der Waals surface area contributed by atoms with Crippen molar-refractivity contribution in [1.82, 2.24) is 4.98 Å². The van der Waals surface area contributed by atoms with Crippen LogP contribution in [0, 0.1) is 5.95 Å². The number of hydrogen-bond acceptors (Lipinski definition) is 4. The summed E-state index contributed by atoms with van der Waals surface area (Å²) in [6.07, 6.45) is 2.43. The predicted octanol–water partition coefficient (Wildman–Crippen LogP) is 1.50. The molecule has 0 unspecified atom stereocenters. The number of halogens is 2. The summed E-state index contributed by atoms with van der Waals surface area (Å²) in [6.45, 7) is -0.0894. The minimum atomic E-state index is -3.47. The van der Waals surface area contributed by atoms with Gasteiger partial charge in [0.05, 0.1) is 12.9 Å². The van der Waals surface area contributed by atoms with Crippen LogP contribution in [0.5, 0.6) is 0 Å². The van der Waals surface area contributed by atoms with E-state index < -0.39 is 16.1 Å². The molecule has 0 saturated heterocycles. The minimum Gasteiger partial charge on any atom is -0.270 e. The molecule has 15 heavy (non-hydrogen) atoms. The Bertz CT molecular complexity index is 449. The number of pyridine rings is 1. The standard InChI is InChI=1S/C8H9BrFNO3S/c1-15(12,13)14-3-2-6-4-7(9)5-11-8(6)10/h4-5H,2-3H2,1H3. The van der Waals surface area contributed by atoms with E-state index in [-0.39, 0.29) is 13.0 Å². The lowest BCUT2D eigenvalue weighted by Crippen LogP contribution is -2.07. The molecule has 0 aliphatic rings. The highest BCUT2D eigenvalue weighted by atomic mass is 79.9. The smallest absolute Gasteiger partial charge is 0.264 e. The van der Waals surface area contributed by atoms with Crippen molar-refractivity contribution >= 4 is 26.0 Å². The predicted molar refractivity (Wildman–Crippen MR) is 56.4 cm³/mol. The Kier molecular flexibility index (Phi) is 4.18. The second kappa shape index (κ2) is 5.00. The van der Waals surface area contributed by atoms with Crippen molar-refractivity contribution in [3.05, 3.63) is 28.2 Å². The molecular weight excluding hydrogens is 289 g/mol. The second-order valence-corrected chi connectivity index (χ2v) is 5.44. The molecule has 1 aromatic heterocycles. The summed E-state index contributed by atoms with van der Waals surface area (Å²) in [6, 6.07) is 1.54. The van der Waals surface area contributed by atoms with Gasteiger partial charge >= 0.3 is 0 Å². The fourth-order valence-corrected chi connectivity index (χ4v) is 1.71. The van der Waals surface area contributed by atoms with Crippen LogP contribution in [0.2, 0.25) is 0 Å². The molecule has 0 aliphatic carbocycles. The van der Waals surface area contributed by atoms with Crippen LogP contribution in [-0.2, 0) is 20.7 Å². The summed E-state index contributed by atoms with van der Waals surface area (Å²) in [5.74, 6) is -0.615. The van der Waals surface area contributed by atoms with Gasteiger partial charge in [-0.3, -0.25) is 4.18 Å². The number of nitrogens with zero attached hydrogens (tertiary/aromatic N) is 1. The fraction of sp³-hybridized carbons (Fsp3) is 0.375. The first-order chi connectivity index (χ1) is 6.88. The summed E-state index contributed by atoms with van der Waals surface area (Å²) in [5, 5.41) is 0. The highest BCUT2D eigenvalue weighted by Crippen LogP contribution is 2.13. The van der Waals surface area contributed by atoms with Gasteiger partial charge in [-0.15, -0.1) is 0 Å². The minimum absolute atomic E-state index is 0.0894. The van der Waals surface area contributed by atoms with E-state index in [9.17, 15) is 12.8 Å². The van der Waals surface area contributed by atoms with Crippen LogP contribution in [0.15, 0.2) is 16.7 Å². The maximum absolute atomic E-state index is 13.1. The summed E-state index contributed by atoms with van der Waals surface area (Å²) >= 11 is 3.14. The van der Waals surface area contributed by atoms with Crippen molar-refractivity contribution in [2.24, 2.45) is 0 Å². The average molecular weight is 298 g/mol. The maximum Gasteiger partial charge on any atom is 0.264 e. The SMILES string of the molecule is CS(=O)(=O)OCCc1cc(Br)cnc1F. The molecule has 1 heterocycles. The average Bonchev–Trinajstić information content (AvgIpc) is 2.09. The van der Waals surface area contributed by atoms with Gasteiger partial charge in [0.25, 0.3) is 10.1 Å². The van der Waals surface area contributed by atoms with E-state index in [1.54, 1.807) is 0 Å². The maximum atomic E-state index is 13.1. The van der Waals surface area contributed by atoms with Gasteiger partial charge in [0.2, 0.25) is 5.95 Å². The molecule has 84 valence electrons. The van der Waals surface area contributed by atoms with E-state index in [0.717, 1.165) is 6.26 Å². The zero-order chi connectivity index (χ0) is 11.5. The molecule has 0 aliphatic heterocycles. The van der Waals surface area contributed by atoms with Crippen molar-refractivity contribution in [2.75, 3.05) is 12.9 Å². The van der Waals surface area contributed by atoms with E-state index >= 15 is 0 Å². The zero-order valence-electron chi connectivity index (χ0n) is 7.91. The quantitative estimate of drug-likeness (QED) is 0.624. The van der Waals surface area contributed by atoms with Crippen molar-refractivity contribution in [3.8, 4) is 0 Å². The van der Waals surface area contributed by atoms with E-state index in [4.69, 9.17) is 0 Å². The Morgan fingerprint density at radius 3 is 2.87 bits per heavy atom. The molecule has 7 heteroatoms. The molecule has 0 radical (unpaired) electrons. The Labute approximate surface area is 95.7 Å². The third-order valence-electron chi connectivity index (χ3n) is 1.55. The van der Waals surface area contributed by atoms with Crippen LogP contribution < -0.4 is 0 Å². The molecule has 1 rings (SSSR count). The van der Waals surface area contributed by atoms with Gasteiger partial charge in [-0.2, -0.15) is 12.8 Å². The molecule has 1 aromatic rings. The Balaban J connectivity index is 2.61. The van der Waals surface area contributed by atoms with Crippen LogP contribution in [0.3, 0.4) is 0 Å². The largest absolute Gasteiger partial charge is 0.270 e. The molecular formula is C8H9BrFNO3S. The second-order valence-electron chi connectivity index (χ2n) is 2.88.